The summed E-state index contributed by atoms with van der Waals surface area (Å²) in [7, 11) is 2.14. The molecule has 76 valence electrons. The molecule has 1 aliphatic heterocycles. The maximum Gasteiger partial charge on any atom is 0.0592 e. The van der Waals surface area contributed by atoms with Gasteiger partial charge in [-0.05, 0) is 35.0 Å². The van der Waals surface area contributed by atoms with Gasteiger partial charge in [0.05, 0.1) is 10.2 Å². The van der Waals surface area contributed by atoms with E-state index in [0.717, 1.165) is 17.6 Å². The van der Waals surface area contributed by atoms with Crippen molar-refractivity contribution in [3.63, 3.8) is 0 Å². The summed E-state index contributed by atoms with van der Waals surface area (Å²) in [6, 6.07) is 2.65. The Morgan fingerprint density at radius 2 is 2.50 bits per heavy atom. The molecular formula is C10H14BrN3. The molecule has 1 unspecified atom stereocenters. The SMILES string of the molecule is CN(c1ccncc1Br)C1CCNC1. The molecule has 4 heteroatoms. The van der Waals surface area contributed by atoms with Gasteiger partial charge in [-0.1, -0.05) is 0 Å². The van der Waals surface area contributed by atoms with Crippen molar-refractivity contribution in [3.8, 4) is 0 Å². The van der Waals surface area contributed by atoms with Crippen LogP contribution in [0.4, 0.5) is 5.69 Å². The van der Waals surface area contributed by atoms with Crippen molar-refractivity contribution in [3.05, 3.63) is 22.9 Å². The third kappa shape index (κ3) is 1.91. The topological polar surface area (TPSA) is 28.2 Å². The second-order valence-corrected chi connectivity index (χ2v) is 4.44. The van der Waals surface area contributed by atoms with E-state index in [2.05, 4.69) is 38.2 Å². The fourth-order valence-corrected chi connectivity index (χ4v) is 2.35. The molecule has 1 N–H and O–H groups in total. The van der Waals surface area contributed by atoms with Crippen LogP contribution in [0, 0.1) is 0 Å². The number of anilines is 1. The molecule has 0 aliphatic carbocycles. The molecule has 1 fully saturated rings. The standard InChI is InChI=1S/C10H14BrN3/c1-14(8-2-4-12-6-8)10-3-5-13-7-9(10)11/h3,5,7-8,12H,2,4,6H2,1H3. The van der Waals surface area contributed by atoms with Crippen LogP contribution in [-0.4, -0.2) is 31.2 Å². The van der Waals surface area contributed by atoms with Gasteiger partial charge in [0.2, 0.25) is 0 Å². The van der Waals surface area contributed by atoms with Crippen molar-refractivity contribution in [2.75, 3.05) is 25.0 Å². The minimum atomic E-state index is 0.605. The van der Waals surface area contributed by atoms with Gasteiger partial charge in [-0.25, -0.2) is 0 Å². The first-order chi connectivity index (χ1) is 6.79. The van der Waals surface area contributed by atoms with Crippen LogP contribution in [0.5, 0.6) is 0 Å². The van der Waals surface area contributed by atoms with Gasteiger partial charge in [-0.2, -0.15) is 0 Å². The second-order valence-electron chi connectivity index (χ2n) is 3.58. The molecule has 0 amide bonds. The van der Waals surface area contributed by atoms with Crippen molar-refractivity contribution >= 4 is 21.6 Å². The van der Waals surface area contributed by atoms with Crippen LogP contribution in [0.25, 0.3) is 0 Å². The summed E-state index contributed by atoms with van der Waals surface area (Å²) in [5.74, 6) is 0. The molecule has 2 heterocycles. The number of nitrogens with zero attached hydrogens (tertiary/aromatic N) is 2. The van der Waals surface area contributed by atoms with E-state index in [1.807, 2.05) is 18.5 Å². The summed E-state index contributed by atoms with van der Waals surface area (Å²) in [5, 5.41) is 3.37. The molecular weight excluding hydrogens is 242 g/mol. The first-order valence-electron chi connectivity index (χ1n) is 4.82. The third-order valence-corrected chi connectivity index (χ3v) is 3.32. The van der Waals surface area contributed by atoms with Gasteiger partial charge in [-0.3, -0.25) is 4.98 Å². The van der Waals surface area contributed by atoms with Crippen molar-refractivity contribution < 1.29 is 0 Å². The second kappa shape index (κ2) is 4.28. The average molecular weight is 256 g/mol. The number of halogens is 1. The van der Waals surface area contributed by atoms with Gasteiger partial charge in [0.15, 0.2) is 0 Å². The first kappa shape index (κ1) is 9.93. The summed E-state index contributed by atoms with van der Waals surface area (Å²) in [5.41, 5.74) is 1.22. The number of likely N-dealkylation sites (N-methyl/N-ethyl adjacent to an activating group) is 1. The molecule has 0 spiro atoms. The van der Waals surface area contributed by atoms with Gasteiger partial charge >= 0.3 is 0 Å². The highest BCUT2D eigenvalue weighted by atomic mass is 79.9. The lowest BCUT2D eigenvalue weighted by Crippen LogP contribution is -2.33. The number of hydrogen-bond donors (Lipinski definition) is 1. The molecule has 1 saturated heterocycles. The maximum absolute atomic E-state index is 4.06. The van der Waals surface area contributed by atoms with Crippen LogP contribution < -0.4 is 10.2 Å². The largest absolute Gasteiger partial charge is 0.369 e. The van der Waals surface area contributed by atoms with Crippen LogP contribution >= 0.6 is 15.9 Å². The number of pyridine rings is 1. The van der Waals surface area contributed by atoms with E-state index in [4.69, 9.17) is 0 Å². The van der Waals surface area contributed by atoms with Crippen LogP contribution in [0.1, 0.15) is 6.42 Å². The smallest absolute Gasteiger partial charge is 0.0592 e. The van der Waals surface area contributed by atoms with Gasteiger partial charge < -0.3 is 10.2 Å². The molecule has 1 aromatic rings. The first-order valence-corrected chi connectivity index (χ1v) is 5.61. The minimum Gasteiger partial charge on any atom is -0.369 e. The average Bonchev–Trinajstić information content (AvgIpc) is 2.70. The molecule has 1 aromatic heterocycles. The lowest BCUT2D eigenvalue weighted by molar-refractivity contribution is 0.684. The van der Waals surface area contributed by atoms with Crippen LogP contribution in [0.3, 0.4) is 0 Å². The molecule has 2 rings (SSSR count). The van der Waals surface area contributed by atoms with Crippen molar-refractivity contribution in [2.24, 2.45) is 0 Å². The van der Waals surface area contributed by atoms with Gasteiger partial charge in [0.25, 0.3) is 0 Å². The van der Waals surface area contributed by atoms with Crippen molar-refractivity contribution in [1.29, 1.82) is 0 Å². The maximum atomic E-state index is 4.06. The molecule has 0 aromatic carbocycles. The quantitative estimate of drug-likeness (QED) is 0.871. The highest BCUT2D eigenvalue weighted by molar-refractivity contribution is 9.10. The Bertz CT molecular complexity index is 310. The zero-order valence-corrected chi connectivity index (χ0v) is 9.79. The molecule has 1 aliphatic rings. The molecule has 14 heavy (non-hydrogen) atoms. The summed E-state index contributed by atoms with van der Waals surface area (Å²) in [4.78, 5) is 6.38. The molecule has 0 saturated carbocycles. The van der Waals surface area contributed by atoms with Gasteiger partial charge in [0, 0.05) is 32.0 Å². The fraction of sp³-hybridized carbons (Fsp3) is 0.500. The molecule has 0 radical (unpaired) electrons. The lowest BCUT2D eigenvalue weighted by Gasteiger charge is -2.26. The number of aromatic nitrogens is 1. The number of nitrogens with one attached hydrogen (secondary N) is 1. The monoisotopic (exact) mass is 255 g/mol. The highest BCUT2D eigenvalue weighted by Gasteiger charge is 2.20. The Morgan fingerprint density at radius 3 is 3.14 bits per heavy atom. The van der Waals surface area contributed by atoms with E-state index in [1.54, 1.807) is 0 Å². The van der Waals surface area contributed by atoms with Crippen LogP contribution in [-0.2, 0) is 0 Å². The Balaban J connectivity index is 2.17. The van der Waals surface area contributed by atoms with E-state index in [-0.39, 0.29) is 0 Å². The summed E-state index contributed by atoms with van der Waals surface area (Å²) < 4.78 is 1.06. The normalized spacial score (nSPS) is 21.1. The summed E-state index contributed by atoms with van der Waals surface area (Å²) in [6.07, 6.45) is 4.89. The zero-order valence-electron chi connectivity index (χ0n) is 8.20. The molecule has 0 bridgehead atoms. The van der Waals surface area contributed by atoms with Gasteiger partial charge in [-0.15, -0.1) is 0 Å². The van der Waals surface area contributed by atoms with Crippen LogP contribution in [0.2, 0.25) is 0 Å². The predicted molar refractivity (Wildman–Crippen MR) is 61.6 cm³/mol. The van der Waals surface area contributed by atoms with E-state index in [1.165, 1.54) is 12.1 Å². The van der Waals surface area contributed by atoms with Crippen LogP contribution in [0.15, 0.2) is 22.9 Å². The Labute approximate surface area is 92.6 Å². The number of hydrogen-bond acceptors (Lipinski definition) is 3. The summed E-state index contributed by atoms with van der Waals surface area (Å²) in [6.45, 7) is 2.20. The Morgan fingerprint density at radius 1 is 1.64 bits per heavy atom. The highest BCUT2D eigenvalue weighted by Crippen LogP contribution is 2.26. The fourth-order valence-electron chi connectivity index (χ4n) is 1.82. The molecule has 1 atom stereocenters. The minimum absolute atomic E-state index is 0.605. The van der Waals surface area contributed by atoms with Crippen molar-refractivity contribution in [2.45, 2.75) is 12.5 Å². The van der Waals surface area contributed by atoms with Crippen molar-refractivity contribution in [1.82, 2.24) is 10.3 Å². The third-order valence-electron chi connectivity index (χ3n) is 2.71. The Kier molecular flexibility index (Phi) is 3.03. The van der Waals surface area contributed by atoms with E-state index in [9.17, 15) is 0 Å². The number of rotatable bonds is 2. The van der Waals surface area contributed by atoms with Gasteiger partial charge in [0.1, 0.15) is 0 Å². The molecule has 3 nitrogen and oxygen atoms in total. The van der Waals surface area contributed by atoms with E-state index in [0.29, 0.717) is 6.04 Å². The zero-order chi connectivity index (χ0) is 9.97. The van der Waals surface area contributed by atoms with E-state index < -0.39 is 0 Å². The van der Waals surface area contributed by atoms with E-state index >= 15 is 0 Å². The summed E-state index contributed by atoms with van der Waals surface area (Å²) >= 11 is 3.52. The lowest BCUT2D eigenvalue weighted by atomic mass is 10.2. The predicted octanol–water partition coefficient (Wildman–Crippen LogP) is 1.64. The Hall–Kier alpha value is -0.610.